The molecule has 1 unspecified atom stereocenters. The van der Waals surface area contributed by atoms with Gasteiger partial charge in [0.15, 0.2) is 5.78 Å². The first-order valence-electron chi connectivity index (χ1n) is 8.49. The summed E-state index contributed by atoms with van der Waals surface area (Å²) >= 11 is 20.1. The van der Waals surface area contributed by atoms with Crippen LogP contribution in [0.1, 0.15) is 30.1 Å². The SMILES string of the molecule is N#CC1=C(N)OC2=C(C(=O)CCC2)C1c1ccc(-c2c(Cl)cc(Cl)cc2Cl)s1. The van der Waals surface area contributed by atoms with E-state index in [2.05, 4.69) is 6.07 Å². The summed E-state index contributed by atoms with van der Waals surface area (Å²) in [6.07, 6.45) is 1.78. The Kier molecular flexibility index (Phi) is 5.15. The van der Waals surface area contributed by atoms with Crippen molar-refractivity contribution in [3.8, 4) is 16.5 Å². The van der Waals surface area contributed by atoms with Gasteiger partial charge < -0.3 is 10.5 Å². The summed E-state index contributed by atoms with van der Waals surface area (Å²) in [5, 5.41) is 11.0. The fourth-order valence-corrected chi connectivity index (χ4v) is 5.89. The number of hydrogen-bond acceptors (Lipinski definition) is 5. The minimum absolute atomic E-state index is 0.0102. The number of Topliss-reactive ketones (excluding diaryl/α,β-unsaturated/α-hetero) is 1. The smallest absolute Gasteiger partial charge is 0.205 e. The molecule has 28 heavy (non-hydrogen) atoms. The molecule has 0 radical (unpaired) electrons. The maximum Gasteiger partial charge on any atom is 0.205 e. The van der Waals surface area contributed by atoms with Crippen LogP contribution in [0.15, 0.2) is 47.1 Å². The van der Waals surface area contributed by atoms with Crippen LogP contribution >= 0.6 is 46.1 Å². The molecule has 0 amide bonds. The lowest BCUT2D eigenvalue weighted by atomic mass is 9.80. The fraction of sp³-hybridized carbons (Fsp3) is 0.200. The zero-order valence-corrected chi connectivity index (χ0v) is 17.5. The van der Waals surface area contributed by atoms with Crippen molar-refractivity contribution in [2.45, 2.75) is 25.2 Å². The number of hydrogen-bond donors (Lipinski definition) is 1. The summed E-state index contributed by atoms with van der Waals surface area (Å²) in [5.41, 5.74) is 7.42. The Balaban J connectivity index is 1.85. The molecule has 2 aliphatic rings. The maximum absolute atomic E-state index is 12.6. The van der Waals surface area contributed by atoms with Crippen LogP contribution in [-0.2, 0) is 9.53 Å². The molecule has 0 saturated carbocycles. The third kappa shape index (κ3) is 3.21. The number of allylic oxidation sites excluding steroid dienone is 3. The van der Waals surface area contributed by atoms with Crippen LogP contribution in [-0.4, -0.2) is 5.78 Å². The van der Waals surface area contributed by atoms with E-state index < -0.39 is 5.92 Å². The van der Waals surface area contributed by atoms with Crippen LogP contribution in [0.3, 0.4) is 0 Å². The molecule has 0 spiro atoms. The van der Waals surface area contributed by atoms with E-state index in [1.165, 1.54) is 11.3 Å². The van der Waals surface area contributed by atoms with Gasteiger partial charge in [-0.1, -0.05) is 34.8 Å². The van der Waals surface area contributed by atoms with E-state index in [9.17, 15) is 10.1 Å². The highest BCUT2D eigenvalue weighted by Gasteiger charge is 2.38. The predicted octanol–water partition coefficient (Wildman–Crippen LogP) is 6.19. The van der Waals surface area contributed by atoms with Crippen molar-refractivity contribution in [3.05, 3.63) is 67.0 Å². The quantitative estimate of drug-likeness (QED) is 0.590. The van der Waals surface area contributed by atoms with Gasteiger partial charge in [-0.15, -0.1) is 11.3 Å². The number of thiophene rings is 1. The van der Waals surface area contributed by atoms with Gasteiger partial charge in [0.05, 0.1) is 16.0 Å². The van der Waals surface area contributed by atoms with E-state index >= 15 is 0 Å². The molecule has 2 aromatic rings. The molecule has 0 fully saturated rings. The Bertz CT molecular complexity index is 1090. The first kappa shape index (κ1) is 19.4. The summed E-state index contributed by atoms with van der Waals surface area (Å²) in [4.78, 5) is 14.3. The van der Waals surface area contributed by atoms with Gasteiger partial charge in [0.1, 0.15) is 17.4 Å². The minimum Gasteiger partial charge on any atom is -0.444 e. The number of carbonyl (C=O) groups excluding carboxylic acids is 1. The molecule has 1 aromatic carbocycles. The van der Waals surface area contributed by atoms with Gasteiger partial charge in [-0.2, -0.15) is 5.26 Å². The summed E-state index contributed by atoms with van der Waals surface area (Å²) < 4.78 is 5.60. The van der Waals surface area contributed by atoms with Gasteiger partial charge in [0, 0.05) is 38.8 Å². The third-order valence-corrected chi connectivity index (χ3v) is 6.75. The number of halogens is 3. The van der Waals surface area contributed by atoms with Gasteiger partial charge in [-0.3, -0.25) is 4.79 Å². The van der Waals surface area contributed by atoms with Crippen LogP contribution in [0.25, 0.3) is 10.4 Å². The Hall–Kier alpha value is -1.97. The number of nitrogens with two attached hydrogens (primary N) is 1. The number of nitriles is 1. The molecule has 8 heteroatoms. The normalized spacial score (nSPS) is 19.4. The predicted molar refractivity (Wildman–Crippen MR) is 111 cm³/mol. The minimum atomic E-state index is -0.537. The molecule has 1 atom stereocenters. The van der Waals surface area contributed by atoms with Gasteiger partial charge in [0.2, 0.25) is 5.88 Å². The summed E-state index contributed by atoms with van der Waals surface area (Å²) in [6, 6.07) is 9.11. The van der Waals surface area contributed by atoms with Crippen LogP contribution in [0.4, 0.5) is 0 Å². The Morgan fingerprint density at radius 1 is 1.18 bits per heavy atom. The second-order valence-electron chi connectivity index (χ2n) is 6.48. The van der Waals surface area contributed by atoms with Crippen molar-refractivity contribution >= 4 is 51.9 Å². The molecule has 2 heterocycles. The number of rotatable bonds is 2. The van der Waals surface area contributed by atoms with E-state index in [-0.39, 0.29) is 17.2 Å². The highest BCUT2D eigenvalue weighted by Crippen LogP contribution is 2.48. The number of ether oxygens (including phenoxy) is 1. The van der Waals surface area contributed by atoms with E-state index in [1.54, 1.807) is 12.1 Å². The molecular weight excluding hydrogens is 439 g/mol. The van der Waals surface area contributed by atoms with Gasteiger partial charge in [0.25, 0.3) is 0 Å². The topological polar surface area (TPSA) is 76.1 Å². The van der Waals surface area contributed by atoms with Crippen molar-refractivity contribution < 1.29 is 9.53 Å². The van der Waals surface area contributed by atoms with E-state index in [1.807, 2.05) is 12.1 Å². The van der Waals surface area contributed by atoms with Gasteiger partial charge in [-0.25, -0.2) is 0 Å². The average molecular weight is 452 g/mol. The molecule has 4 nitrogen and oxygen atoms in total. The highest BCUT2D eigenvalue weighted by atomic mass is 35.5. The van der Waals surface area contributed by atoms with Crippen molar-refractivity contribution in [1.82, 2.24) is 0 Å². The zero-order chi connectivity index (χ0) is 20.0. The number of benzene rings is 1. The summed E-state index contributed by atoms with van der Waals surface area (Å²) in [7, 11) is 0. The maximum atomic E-state index is 12.6. The number of carbonyl (C=O) groups is 1. The third-order valence-electron chi connectivity index (χ3n) is 4.77. The first-order valence-corrected chi connectivity index (χ1v) is 10.4. The van der Waals surface area contributed by atoms with Crippen molar-refractivity contribution in [1.29, 1.82) is 5.26 Å². The highest BCUT2D eigenvalue weighted by molar-refractivity contribution is 7.15. The van der Waals surface area contributed by atoms with Gasteiger partial charge in [-0.05, 0) is 30.7 Å². The molecular formula is C20H13Cl3N2O2S. The lowest BCUT2D eigenvalue weighted by Crippen LogP contribution is -2.26. The lowest BCUT2D eigenvalue weighted by molar-refractivity contribution is -0.116. The van der Waals surface area contributed by atoms with Crippen LogP contribution in [0, 0.1) is 11.3 Å². The zero-order valence-electron chi connectivity index (χ0n) is 14.4. The Labute approximate surface area is 180 Å². The molecule has 142 valence electrons. The van der Waals surface area contributed by atoms with Crippen molar-refractivity contribution in [2.75, 3.05) is 0 Å². The standard InChI is InChI=1S/C20H13Cl3N2O2S/c21-9-6-11(22)18(12(23)7-9)16-5-4-15(28-16)17-10(8-24)20(25)27-14-3-1-2-13(26)19(14)17/h4-7,17H,1-3,25H2. The number of nitrogens with zero attached hydrogens (tertiary/aromatic N) is 1. The fourth-order valence-electron chi connectivity index (χ4n) is 3.56. The van der Waals surface area contributed by atoms with Crippen molar-refractivity contribution in [2.24, 2.45) is 5.73 Å². The Morgan fingerprint density at radius 3 is 2.57 bits per heavy atom. The second kappa shape index (κ2) is 7.46. The molecule has 0 bridgehead atoms. The molecule has 1 aromatic heterocycles. The average Bonchev–Trinajstić information content (AvgIpc) is 3.09. The van der Waals surface area contributed by atoms with E-state index in [0.717, 1.165) is 9.75 Å². The monoisotopic (exact) mass is 450 g/mol. The molecule has 4 rings (SSSR count). The summed E-state index contributed by atoms with van der Waals surface area (Å²) in [5.74, 6) is 0.0721. The van der Waals surface area contributed by atoms with E-state index in [4.69, 9.17) is 45.3 Å². The Morgan fingerprint density at radius 2 is 1.89 bits per heavy atom. The molecule has 1 aliphatic carbocycles. The largest absolute Gasteiger partial charge is 0.444 e. The van der Waals surface area contributed by atoms with Crippen molar-refractivity contribution in [3.63, 3.8) is 0 Å². The van der Waals surface area contributed by atoms with Crippen LogP contribution in [0.5, 0.6) is 0 Å². The van der Waals surface area contributed by atoms with Crippen LogP contribution in [0.2, 0.25) is 15.1 Å². The lowest BCUT2D eigenvalue weighted by Gasteiger charge is -2.30. The van der Waals surface area contributed by atoms with Gasteiger partial charge >= 0.3 is 0 Å². The van der Waals surface area contributed by atoms with E-state index in [0.29, 0.717) is 51.2 Å². The van der Waals surface area contributed by atoms with Crippen LogP contribution < -0.4 is 5.73 Å². The first-order chi connectivity index (χ1) is 13.4. The molecule has 2 N–H and O–H groups in total. The second-order valence-corrected chi connectivity index (χ2v) is 8.85. The molecule has 1 aliphatic heterocycles. The summed E-state index contributed by atoms with van der Waals surface area (Å²) in [6.45, 7) is 0. The molecule has 0 saturated heterocycles. The number of ketones is 1.